The molecule has 1 saturated carbocycles. The van der Waals surface area contributed by atoms with Gasteiger partial charge in [-0.05, 0) is 80.7 Å². The van der Waals surface area contributed by atoms with Crippen molar-refractivity contribution < 1.29 is 9.53 Å². The molecule has 5 rings (SSSR count). The van der Waals surface area contributed by atoms with Crippen LogP contribution >= 0.6 is 0 Å². The zero-order valence-corrected chi connectivity index (χ0v) is 18.0. The largest absolute Gasteiger partial charge is 0.497 e. The molecule has 31 heavy (non-hydrogen) atoms. The SMILES string of the molecule is C#Cc1cc(C2(NC(=O)c3cc(OC)ccc3C)CC2)c2cccnc2c1.C1CNC1. The van der Waals surface area contributed by atoms with E-state index in [9.17, 15) is 4.79 Å². The van der Waals surface area contributed by atoms with E-state index >= 15 is 0 Å². The third-order valence-electron chi connectivity index (χ3n) is 5.90. The molecule has 158 valence electrons. The van der Waals surface area contributed by atoms with Gasteiger partial charge in [-0.3, -0.25) is 9.78 Å². The number of hydrogen-bond acceptors (Lipinski definition) is 4. The summed E-state index contributed by atoms with van der Waals surface area (Å²) in [6.45, 7) is 4.42. The molecule has 0 atom stereocenters. The van der Waals surface area contributed by atoms with Gasteiger partial charge in [0.05, 0.1) is 18.2 Å². The molecular formula is C26H27N3O2. The Bertz CT molecular complexity index is 1150. The maximum absolute atomic E-state index is 13.0. The van der Waals surface area contributed by atoms with Crippen molar-refractivity contribution in [2.24, 2.45) is 0 Å². The summed E-state index contributed by atoms with van der Waals surface area (Å²) in [5, 5.41) is 7.38. The second-order valence-electron chi connectivity index (χ2n) is 8.06. The zero-order chi connectivity index (χ0) is 21.8. The van der Waals surface area contributed by atoms with Gasteiger partial charge >= 0.3 is 0 Å². The number of nitrogens with zero attached hydrogens (tertiary/aromatic N) is 1. The smallest absolute Gasteiger partial charge is 0.252 e. The van der Waals surface area contributed by atoms with Crippen molar-refractivity contribution in [1.82, 2.24) is 15.6 Å². The van der Waals surface area contributed by atoms with E-state index in [-0.39, 0.29) is 5.91 Å². The Morgan fingerprint density at radius 3 is 2.58 bits per heavy atom. The molecule has 3 aromatic rings. The molecule has 1 aromatic heterocycles. The van der Waals surface area contributed by atoms with E-state index in [1.807, 2.05) is 43.3 Å². The predicted octanol–water partition coefficient (Wildman–Crippen LogP) is 3.93. The summed E-state index contributed by atoms with van der Waals surface area (Å²) in [4.78, 5) is 17.5. The summed E-state index contributed by atoms with van der Waals surface area (Å²) < 4.78 is 5.27. The van der Waals surface area contributed by atoms with E-state index < -0.39 is 5.54 Å². The fraction of sp³-hybridized carbons (Fsp3) is 0.308. The average molecular weight is 414 g/mol. The van der Waals surface area contributed by atoms with Crippen LogP contribution in [-0.4, -0.2) is 31.1 Å². The highest BCUT2D eigenvalue weighted by Crippen LogP contribution is 2.48. The highest BCUT2D eigenvalue weighted by Gasteiger charge is 2.47. The van der Waals surface area contributed by atoms with E-state index in [1.54, 1.807) is 19.4 Å². The van der Waals surface area contributed by atoms with Crippen LogP contribution in [0.5, 0.6) is 5.75 Å². The molecule has 5 heteroatoms. The van der Waals surface area contributed by atoms with Gasteiger partial charge in [0.1, 0.15) is 5.75 Å². The number of rotatable bonds is 4. The molecule has 1 saturated heterocycles. The van der Waals surface area contributed by atoms with Crippen molar-refractivity contribution in [1.29, 1.82) is 0 Å². The Balaban J connectivity index is 0.000000520. The first kappa shape index (κ1) is 20.9. The summed E-state index contributed by atoms with van der Waals surface area (Å²) in [5.74, 6) is 3.26. The topological polar surface area (TPSA) is 63.2 Å². The van der Waals surface area contributed by atoms with Crippen molar-refractivity contribution in [3.8, 4) is 18.1 Å². The van der Waals surface area contributed by atoms with E-state index in [0.717, 1.165) is 40.4 Å². The van der Waals surface area contributed by atoms with Gasteiger partial charge in [0.15, 0.2) is 0 Å². The molecule has 0 spiro atoms. The molecule has 2 aromatic carbocycles. The Morgan fingerprint density at radius 1 is 1.23 bits per heavy atom. The van der Waals surface area contributed by atoms with Crippen molar-refractivity contribution in [3.63, 3.8) is 0 Å². The Labute approximate surface area is 183 Å². The van der Waals surface area contributed by atoms with Crippen molar-refractivity contribution >= 4 is 16.8 Å². The summed E-state index contributed by atoms with van der Waals surface area (Å²) in [5.41, 5.74) is 3.79. The Morgan fingerprint density at radius 2 is 1.97 bits per heavy atom. The number of ether oxygens (including phenoxy) is 1. The van der Waals surface area contributed by atoms with Crippen LogP contribution in [-0.2, 0) is 5.54 Å². The fourth-order valence-electron chi connectivity index (χ4n) is 3.68. The molecule has 1 aliphatic heterocycles. The van der Waals surface area contributed by atoms with Crippen molar-refractivity contribution in [3.05, 3.63) is 70.9 Å². The molecule has 0 unspecified atom stereocenters. The molecule has 2 aliphatic rings. The lowest BCUT2D eigenvalue weighted by molar-refractivity contribution is 0.0930. The number of fused-ring (bicyclic) bond motifs is 1. The quantitative estimate of drug-likeness (QED) is 0.636. The first-order chi connectivity index (χ1) is 15.1. The van der Waals surface area contributed by atoms with Crippen LogP contribution in [0.15, 0.2) is 48.7 Å². The van der Waals surface area contributed by atoms with Gasteiger partial charge in [0.25, 0.3) is 5.91 Å². The van der Waals surface area contributed by atoms with Gasteiger partial charge in [0.2, 0.25) is 0 Å². The first-order valence-electron chi connectivity index (χ1n) is 10.6. The minimum absolute atomic E-state index is 0.105. The number of terminal acetylenes is 1. The van der Waals surface area contributed by atoms with Gasteiger partial charge in [-0.15, -0.1) is 6.42 Å². The second kappa shape index (κ2) is 8.79. The molecule has 1 amide bonds. The molecule has 2 heterocycles. The molecule has 0 bridgehead atoms. The fourth-order valence-corrected chi connectivity index (χ4v) is 3.68. The molecule has 2 N–H and O–H groups in total. The Kier molecular flexibility index (Phi) is 5.92. The minimum Gasteiger partial charge on any atom is -0.497 e. The number of carbonyl (C=O) groups is 1. The molecule has 5 nitrogen and oxygen atoms in total. The third-order valence-corrected chi connectivity index (χ3v) is 5.90. The third kappa shape index (κ3) is 4.40. The lowest BCUT2D eigenvalue weighted by atomic mass is 9.96. The van der Waals surface area contributed by atoms with Crippen LogP contribution in [0.3, 0.4) is 0 Å². The molecule has 2 fully saturated rings. The normalized spacial score (nSPS) is 15.6. The van der Waals surface area contributed by atoms with Gasteiger partial charge in [0, 0.05) is 22.7 Å². The van der Waals surface area contributed by atoms with Crippen LogP contribution < -0.4 is 15.4 Å². The monoisotopic (exact) mass is 413 g/mol. The van der Waals surface area contributed by atoms with Gasteiger partial charge in [-0.25, -0.2) is 0 Å². The summed E-state index contributed by atoms with van der Waals surface area (Å²) in [7, 11) is 1.60. The number of aromatic nitrogens is 1. The number of benzene rings is 2. The number of hydrogen-bond donors (Lipinski definition) is 2. The van der Waals surface area contributed by atoms with Gasteiger partial charge in [-0.1, -0.05) is 18.1 Å². The lowest BCUT2D eigenvalue weighted by Gasteiger charge is -2.21. The lowest BCUT2D eigenvalue weighted by Crippen LogP contribution is -2.35. The van der Waals surface area contributed by atoms with Crippen LogP contribution in [0.2, 0.25) is 0 Å². The van der Waals surface area contributed by atoms with E-state index in [4.69, 9.17) is 11.2 Å². The van der Waals surface area contributed by atoms with Crippen molar-refractivity contribution in [2.75, 3.05) is 20.2 Å². The number of pyridine rings is 1. The predicted molar refractivity (Wildman–Crippen MR) is 123 cm³/mol. The molecule has 0 radical (unpaired) electrons. The van der Waals surface area contributed by atoms with Crippen LogP contribution in [0.4, 0.5) is 0 Å². The standard InChI is InChI=1S/C23H20N2O2.C3H7N/c1-4-16-12-20(18-6-5-11-24-21(18)13-16)23(9-10-23)25-22(26)19-14-17(27-3)8-7-15(19)2;1-2-4-3-1/h1,5-8,11-14H,9-10H2,2-3H3,(H,25,26);4H,1-3H2. The average Bonchev–Trinajstić information content (AvgIpc) is 3.52. The second-order valence-corrected chi connectivity index (χ2v) is 8.06. The summed E-state index contributed by atoms with van der Waals surface area (Å²) in [6, 6.07) is 13.4. The van der Waals surface area contributed by atoms with Gasteiger partial charge in [-0.2, -0.15) is 0 Å². The number of nitrogens with one attached hydrogen (secondary N) is 2. The van der Waals surface area contributed by atoms with Crippen LogP contribution in [0, 0.1) is 19.3 Å². The number of methoxy groups -OCH3 is 1. The number of carbonyl (C=O) groups excluding carboxylic acids is 1. The van der Waals surface area contributed by atoms with Gasteiger partial charge < -0.3 is 15.4 Å². The minimum atomic E-state index is -0.402. The number of aryl methyl sites for hydroxylation is 1. The highest BCUT2D eigenvalue weighted by molar-refractivity contribution is 5.97. The Hall–Kier alpha value is -3.36. The van der Waals surface area contributed by atoms with Crippen LogP contribution in [0.25, 0.3) is 10.9 Å². The van der Waals surface area contributed by atoms with E-state index in [1.165, 1.54) is 19.5 Å². The van der Waals surface area contributed by atoms with Crippen molar-refractivity contribution in [2.45, 2.75) is 31.7 Å². The summed E-state index contributed by atoms with van der Waals surface area (Å²) >= 11 is 0. The molecule has 1 aliphatic carbocycles. The van der Waals surface area contributed by atoms with Crippen LogP contribution in [0.1, 0.15) is 46.3 Å². The van der Waals surface area contributed by atoms with E-state index in [2.05, 4.69) is 21.5 Å². The van der Waals surface area contributed by atoms with E-state index in [0.29, 0.717) is 11.3 Å². The molecular weight excluding hydrogens is 386 g/mol. The maximum atomic E-state index is 13.0. The zero-order valence-electron chi connectivity index (χ0n) is 18.0. The summed E-state index contributed by atoms with van der Waals surface area (Å²) in [6.07, 6.45) is 10.5. The maximum Gasteiger partial charge on any atom is 0.252 e. The number of amides is 1. The highest BCUT2D eigenvalue weighted by atomic mass is 16.5. The first-order valence-corrected chi connectivity index (χ1v) is 10.6.